The van der Waals surface area contributed by atoms with Gasteiger partial charge in [0.05, 0.1) is 35.2 Å². The molecule has 2 aliphatic heterocycles. The quantitative estimate of drug-likeness (QED) is 0.395. The number of ether oxygens (including phenoxy) is 1. The highest BCUT2D eigenvalue weighted by Gasteiger charge is 2.34. The van der Waals surface area contributed by atoms with Gasteiger partial charge in [0, 0.05) is 11.3 Å². The van der Waals surface area contributed by atoms with Crippen LogP contribution in [0, 0.1) is 0 Å². The number of alkyl halides is 3. The summed E-state index contributed by atoms with van der Waals surface area (Å²) in [5.74, 6) is -0.717. The van der Waals surface area contributed by atoms with Crippen LogP contribution in [-0.4, -0.2) is 34.0 Å². The number of rotatable bonds is 7. The van der Waals surface area contributed by atoms with Crippen molar-refractivity contribution in [3.05, 3.63) is 87.3 Å². The van der Waals surface area contributed by atoms with Crippen molar-refractivity contribution in [1.82, 2.24) is 9.91 Å². The van der Waals surface area contributed by atoms with Gasteiger partial charge in [-0.1, -0.05) is 44.2 Å². The molecular formula is C28H28ClF3N4O3. The smallest absolute Gasteiger partial charge is 0.372 e. The summed E-state index contributed by atoms with van der Waals surface area (Å²) in [7, 11) is 0. The molecule has 0 saturated heterocycles. The Morgan fingerprint density at radius 3 is 2.51 bits per heavy atom. The molecule has 0 spiro atoms. The number of benzene rings is 2. The predicted molar refractivity (Wildman–Crippen MR) is 143 cm³/mol. The maximum atomic E-state index is 13.3. The highest BCUT2D eigenvalue weighted by Crippen LogP contribution is 2.34. The Balaban J connectivity index is 1.59. The summed E-state index contributed by atoms with van der Waals surface area (Å²) in [6.45, 7) is 10.3. The number of hydrogen-bond acceptors (Lipinski definition) is 5. The molecule has 4 rings (SSSR count). The van der Waals surface area contributed by atoms with Crippen LogP contribution in [0.2, 0.25) is 5.02 Å². The molecule has 0 fully saturated rings. The lowest BCUT2D eigenvalue weighted by atomic mass is 10.0. The zero-order chi connectivity index (χ0) is 28.5. The van der Waals surface area contributed by atoms with Gasteiger partial charge in [0.15, 0.2) is 0 Å². The third-order valence-corrected chi connectivity index (χ3v) is 6.96. The summed E-state index contributed by atoms with van der Waals surface area (Å²) in [6.07, 6.45) is -3.58. The van der Waals surface area contributed by atoms with Crippen molar-refractivity contribution in [3.8, 4) is 0 Å². The van der Waals surface area contributed by atoms with Crippen LogP contribution in [0.1, 0.15) is 55.9 Å². The average Bonchev–Trinajstić information content (AvgIpc) is 3.36. The van der Waals surface area contributed by atoms with E-state index in [2.05, 4.69) is 17.0 Å². The summed E-state index contributed by atoms with van der Waals surface area (Å²) in [5.41, 5.74) is 3.82. The number of anilines is 1. The molecule has 0 saturated carbocycles. The van der Waals surface area contributed by atoms with E-state index in [4.69, 9.17) is 16.3 Å². The number of hydrogen-bond donors (Lipinski definition) is 1. The van der Waals surface area contributed by atoms with Crippen LogP contribution < -0.4 is 5.32 Å². The van der Waals surface area contributed by atoms with Gasteiger partial charge in [0.25, 0.3) is 5.91 Å². The van der Waals surface area contributed by atoms with Gasteiger partial charge in [-0.25, -0.2) is 0 Å². The molecule has 206 valence electrons. The molecule has 0 unspecified atom stereocenters. The predicted octanol–water partition coefficient (Wildman–Crippen LogP) is 6.44. The molecule has 2 heterocycles. The third-order valence-electron chi connectivity index (χ3n) is 6.65. The first-order valence-electron chi connectivity index (χ1n) is 12.4. The van der Waals surface area contributed by atoms with Crippen LogP contribution in [0.25, 0.3) is 0 Å². The Labute approximate surface area is 229 Å². The molecule has 0 aromatic heterocycles. The van der Waals surface area contributed by atoms with Gasteiger partial charge in [-0.05, 0) is 60.7 Å². The summed E-state index contributed by atoms with van der Waals surface area (Å²) >= 11 is 6.01. The average molecular weight is 561 g/mol. The molecule has 11 heteroatoms. The third kappa shape index (κ3) is 5.86. The zero-order valence-corrected chi connectivity index (χ0v) is 22.5. The normalized spacial score (nSPS) is 16.2. The van der Waals surface area contributed by atoms with E-state index >= 15 is 0 Å². The highest BCUT2D eigenvalue weighted by molar-refractivity contribution is 6.33. The van der Waals surface area contributed by atoms with E-state index in [1.165, 1.54) is 5.01 Å². The first kappa shape index (κ1) is 28.4. The van der Waals surface area contributed by atoms with Gasteiger partial charge in [-0.3, -0.25) is 9.59 Å². The maximum Gasteiger partial charge on any atom is 0.416 e. The van der Waals surface area contributed by atoms with Crippen LogP contribution in [0.3, 0.4) is 0 Å². The highest BCUT2D eigenvalue weighted by atomic mass is 35.5. The number of halogens is 4. The number of nitrogens with zero attached hydrogens (tertiary/aromatic N) is 3. The van der Waals surface area contributed by atoms with Crippen molar-refractivity contribution in [1.29, 1.82) is 0 Å². The SMILES string of the molecule is C=C1N(CC(=O)Nc2ccc(C(F)(F)F)cc2Cl)C(CC)=C(C)C(=O)N1/N=C(\CC)c1ccc2c(c1)COC2. The van der Waals surface area contributed by atoms with Crippen LogP contribution in [0.4, 0.5) is 18.9 Å². The van der Waals surface area contributed by atoms with Crippen molar-refractivity contribution >= 4 is 34.8 Å². The topological polar surface area (TPSA) is 74.2 Å². The summed E-state index contributed by atoms with van der Waals surface area (Å²) in [6, 6.07) is 8.62. The number of amides is 2. The molecule has 0 bridgehead atoms. The van der Waals surface area contributed by atoms with E-state index in [0.29, 0.717) is 43.0 Å². The van der Waals surface area contributed by atoms with Crippen LogP contribution in [0.15, 0.2) is 65.2 Å². The van der Waals surface area contributed by atoms with Crippen LogP contribution >= 0.6 is 11.6 Å². The Morgan fingerprint density at radius 1 is 1.15 bits per heavy atom. The monoisotopic (exact) mass is 560 g/mol. The van der Waals surface area contributed by atoms with E-state index in [-0.39, 0.29) is 29.0 Å². The summed E-state index contributed by atoms with van der Waals surface area (Å²) in [5, 5.41) is 8.14. The minimum Gasteiger partial charge on any atom is -0.372 e. The van der Waals surface area contributed by atoms with Crippen LogP contribution in [0.5, 0.6) is 0 Å². The molecule has 2 aromatic rings. The Hall–Kier alpha value is -3.63. The number of hydrazone groups is 1. The van der Waals surface area contributed by atoms with Gasteiger partial charge < -0.3 is 15.0 Å². The Kier molecular flexibility index (Phi) is 8.17. The van der Waals surface area contributed by atoms with Crippen molar-refractivity contribution in [2.24, 2.45) is 5.10 Å². The van der Waals surface area contributed by atoms with E-state index < -0.39 is 17.6 Å². The van der Waals surface area contributed by atoms with Crippen molar-refractivity contribution in [3.63, 3.8) is 0 Å². The first-order valence-corrected chi connectivity index (χ1v) is 12.8. The molecule has 0 aliphatic carbocycles. The molecular weight excluding hydrogens is 533 g/mol. The minimum atomic E-state index is -4.56. The number of allylic oxidation sites excluding steroid dienone is 1. The fraction of sp³-hybridized carbons (Fsp3) is 0.321. The van der Waals surface area contributed by atoms with Gasteiger partial charge in [-0.15, -0.1) is 0 Å². The maximum absolute atomic E-state index is 13.3. The lowest BCUT2D eigenvalue weighted by Crippen LogP contribution is -2.45. The van der Waals surface area contributed by atoms with Gasteiger partial charge in [-0.2, -0.15) is 23.3 Å². The van der Waals surface area contributed by atoms with E-state index in [0.717, 1.165) is 34.9 Å². The lowest BCUT2D eigenvalue weighted by molar-refractivity contribution is -0.137. The molecule has 2 aromatic carbocycles. The molecule has 0 radical (unpaired) electrons. The Bertz CT molecular complexity index is 1400. The second-order valence-corrected chi connectivity index (χ2v) is 9.57. The standard InChI is InChI=1S/C28H28ClF3N4O3/c1-5-23(18-7-8-19-14-39-15-20(19)11-18)34-36-17(4)35(25(6-2)16(3)27(36)38)13-26(37)33-24-10-9-21(12-22(24)29)28(30,31)32/h7-12H,4-6,13-15H2,1-3H3,(H,33,37)/b34-23+. The summed E-state index contributed by atoms with van der Waals surface area (Å²) in [4.78, 5) is 27.9. The lowest BCUT2D eigenvalue weighted by Gasteiger charge is -2.38. The molecule has 1 N–H and O–H groups in total. The van der Waals surface area contributed by atoms with Gasteiger partial charge in [0.1, 0.15) is 12.4 Å². The van der Waals surface area contributed by atoms with E-state index in [9.17, 15) is 22.8 Å². The number of carbonyl (C=O) groups is 2. The summed E-state index contributed by atoms with van der Waals surface area (Å²) < 4.78 is 44.4. The Morgan fingerprint density at radius 2 is 1.87 bits per heavy atom. The van der Waals surface area contributed by atoms with E-state index in [1.54, 1.807) is 11.8 Å². The zero-order valence-electron chi connectivity index (χ0n) is 21.8. The second kappa shape index (κ2) is 11.2. The number of nitrogens with one attached hydrogen (secondary N) is 1. The van der Waals surface area contributed by atoms with Crippen molar-refractivity contribution in [2.75, 3.05) is 11.9 Å². The van der Waals surface area contributed by atoms with Crippen molar-refractivity contribution < 1.29 is 27.5 Å². The fourth-order valence-corrected chi connectivity index (χ4v) is 4.78. The fourth-order valence-electron chi connectivity index (χ4n) is 4.55. The van der Waals surface area contributed by atoms with Gasteiger partial charge >= 0.3 is 6.18 Å². The molecule has 2 amide bonds. The van der Waals surface area contributed by atoms with Gasteiger partial charge in [0.2, 0.25) is 5.91 Å². The second-order valence-electron chi connectivity index (χ2n) is 9.16. The number of fused-ring (bicyclic) bond motifs is 1. The van der Waals surface area contributed by atoms with Crippen LogP contribution in [-0.2, 0) is 33.7 Å². The first-order chi connectivity index (χ1) is 18.4. The molecule has 7 nitrogen and oxygen atoms in total. The molecule has 39 heavy (non-hydrogen) atoms. The van der Waals surface area contributed by atoms with E-state index in [1.807, 2.05) is 32.0 Å². The molecule has 0 atom stereocenters. The number of carbonyl (C=O) groups excluding carboxylic acids is 2. The molecule has 2 aliphatic rings. The van der Waals surface area contributed by atoms with Crippen molar-refractivity contribution in [2.45, 2.75) is 53.0 Å². The largest absolute Gasteiger partial charge is 0.416 e. The minimum absolute atomic E-state index is 0.0378.